The van der Waals surface area contributed by atoms with Gasteiger partial charge in [-0.1, -0.05) is 48.9 Å². The molecule has 1 aromatic heterocycles. The number of aromatic hydroxyl groups is 2. The average molecular weight is 767 g/mol. The van der Waals surface area contributed by atoms with Crippen LogP contribution >= 0.6 is 0 Å². The monoisotopic (exact) mass is 766 g/mol. The smallest absolute Gasteiger partial charge is 0.339 e. The topological polar surface area (TPSA) is 223 Å². The standard InChI is InChI=1S/C16H16N2O2.C13H18O2.C7H6O4.C6H6N2O2/c1-18(2)15-9-3-12(4-10-15)11-17-14-7-5-13(6-8-14)16(19)20;1-9-4-5-10(2)12(8-9)11(3)6-7-13(14)15;8-5-3-1-2-4(6(5)9)7(10)11;9-6(10)1-3-8-4-2-7-5-8/h3-11H,1-2H3,(H,19,20);4-5,8,11H,6-7H2,1-3H3,(H,14,15);1-3,8-9H,(H,10,11);1-5H,(H,9,10). The van der Waals surface area contributed by atoms with Gasteiger partial charge in [-0.15, -0.1) is 0 Å². The lowest BCUT2D eigenvalue weighted by Crippen LogP contribution is -2.08. The number of aliphatic imine (C=N–C) groups is 1. The number of phenolic OH excluding ortho intramolecular Hbond substituents is 1. The molecule has 14 nitrogen and oxygen atoms in total. The number of hydrogen-bond acceptors (Lipinski definition) is 9. The molecule has 5 aromatic rings. The summed E-state index contributed by atoms with van der Waals surface area (Å²) in [5.74, 6) is -4.58. The minimum absolute atomic E-state index is 0.245. The van der Waals surface area contributed by atoms with Gasteiger partial charge in [0.1, 0.15) is 5.56 Å². The molecular weight excluding hydrogens is 720 g/mol. The largest absolute Gasteiger partial charge is 0.504 e. The van der Waals surface area contributed by atoms with Crippen LogP contribution < -0.4 is 4.90 Å². The van der Waals surface area contributed by atoms with E-state index in [1.807, 2.05) is 43.3 Å². The van der Waals surface area contributed by atoms with Gasteiger partial charge in [0.2, 0.25) is 0 Å². The fraction of sp³-hybridized carbons (Fsp3) is 0.190. The number of nitrogens with zero attached hydrogens (tertiary/aromatic N) is 4. The molecule has 0 aliphatic heterocycles. The van der Waals surface area contributed by atoms with Crippen LogP contribution in [0.15, 0.2) is 115 Å². The number of imidazole rings is 1. The zero-order chi connectivity index (χ0) is 41.8. The highest BCUT2D eigenvalue weighted by Gasteiger charge is 2.12. The predicted octanol–water partition coefficient (Wildman–Crippen LogP) is 7.71. The van der Waals surface area contributed by atoms with E-state index in [-0.39, 0.29) is 17.5 Å². The van der Waals surface area contributed by atoms with Gasteiger partial charge in [-0.2, -0.15) is 0 Å². The molecule has 0 radical (unpaired) electrons. The molecule has 294 valence electrons. The number of aromatic nitrogens is 2. The van der Waals surface area contributed by atoms with E-state index >= 15 is 0 Å². The zero-order valence-corrected chi connectivity index (χ0v) is 31.6. The van der Waals surface area contributed by atoms with E-state index in [0.717, 1.165) is 23.0 Å². The molecule has 1 unspecified atom stereocenters. The van der Waals surface area contributed by atoms with Crippen molar-refractivity contribution in [3.05, 3.63) is 143 Å². The first-order valence-corrected chi connectivity index (χ1v) is 17.0. The van der Waals surface area contributed by atoms with Crippen LogP contribution in [-0.4, -0.2) is 84.4 Å². The van der Waals surface area contributed by atoms with Gasteiger partial charge in [-0.3, -0.25) is 9.79 Å². The van der Waals surface area contributed by atoms with Crippen molar-refractivity contribution in [1.29, 1.82) is 0 Å². The highest BCUT2D eigenvalue weighted by atomic mass is 16.4. The van der Waals surface area contributed by atoms with Crippen molar-refractivity contribution < 1.29 is 49.8 Å². The van der Waals surface area contributed by atoms with E-state index in [9.17, 15) is 19.2 Å². The van der Waals surface area contributed by atoms with Crippen molar-refractivity contribution in [1.82, 2.24) is 9.55 Å². The number of carboxylic acid groups (broad SMARTS) is 4. The summed E-state index contributed by atoms with van der Waals surface area (Å²) < 4.78 is 1.55. The van der Waals surface area contributed by atoms with Crippen molar-refractivity contribution in [2.75, 3.05) is 19.0 Å². The Bertz CT molecular complexity index is 2090. The molecule has 0 bridgehead atoms. The van der Waals surface area contributed by atoms with Crippen molar-refractivity contribution in [3.8, 4) is 11.5 Å². The van der Waals surface area contributed by atoms with Crippen molar-refractivity contribution in [2.45, 2.75) is 39.5 Å². The molecule has 5 rings (SSSR count). The second kappa shape index (κ2) is 22.8. The van der Waals surface area contributed by atoms with Crippen LogP contribution in [0.3, 0.4) is 0 Å². The predicted molar refractivity (Wildman–Crippen MR) is 215 cm³/mol. The van der Waals surface area contributed by atoms with Gasteiger partial charge < -0.3 is 40.1 Å². The van der Waals surface area contributed by atoms with Gasteiger partial charge in [0.25, 0.3) is 0 Å². The average Bonchev–Trinajstić information content (AvgIpc) is 3.69. The second-order valence-electron chi connectivity index (χ2n) is 12.4. The van der Waals surface area contributed by atoms with Crippen LogP contribution in [0.5, 0.6) is 11.5 Å². The van der Waals surface area contributed by atoms with Gasteiger partial charge in [-0.05, 0) is 91.4 Å². The third-order valence-corrected chi connectivity index (χ3v) is 7.80. The molecule has 4 aromatic carbocycles. The lowest BCUT2D eigenvalue weighted by atomic mass is 9.91. The Hall–Kier alpha value is -7.22. The normalized spacial score (nSPS) is 10.9. The molecule has 56 heavy (non-hydrogen) atoms. The SMILES string of the molecule is CN(C)c1ccc(C=Nc2ccc(C(=O)O)cc2)cc1.Cc1ccc(C)c(C(C)CCC(=O)O)c1.O=C(O)C=Cn1ccnc1.O=C(O)c1cccc(O)c1O. The van der Waals surface area contributed by atoms with Crippen LogP contribution in [0.4, 0.5) is 11.4 Å². The first-order chi connectivity index (χ1) is 26.5. The molecule has 0 saturated heterocycles. The molecule has 1 heterocycles. The summed E-state index contributed by atoms with van der Waals surface area (Å²) in [6.07, 6.45) is 9.91. The number of aryl methyl sites for hydroxylation is 2. The number of anilines is 1. The lowest BCUT2D eigenvalue weighted by Gasteiger charge is -2.14. The Labute approximate surface area is 324 Å². The summed E-state index contributed by atoms with van der Waals surface area (Å²) in [5, 5.41) is 51.8. The van der Waals surface area contributed by atoms with E-state index in [1.165, 1.54) is 47.4 Å². The molecule has 0 amide bonds. The molecule has 0 saturated carbocycles. The molecule has 1 atom stereocenters. The van der Waals surface area contributed by atoms with Gasteiger partial charge in [0.15, 0.2) is 11.5 Å². The second-order valence-corrected chi connectivity index (χ2v) is 12.4. The fourth-order valence-corrected chi connectivity index (χ4v) is 4.70. The first-order valence-electron chi connectivity index (χ1n) is 17.0. The van der Waals surface area contributed by atoms with Gasteiger partial charge in [0.05, 0.1) is 17.6 Å². The summed E-state index contributed by atoms with van der Waals surface area (Å²) in [6, 6.07) is 24.6. The minimum atomic E-state index is -1.27. The Balaban J connectivity index is 0.000000268. The van der Waals surface area contributed by atoms with E-state index < -0.39 is 35.4 Å². The van der Waals surface area contributed by atoms with Crippen LogP contribution in [0.25, 0.3) is 6.20 Å². The Morgan fingerprint density at radius 1 is 0.857 bits per heavy atom. The summed E-state index contributed by atoms with van der Waals surface area (Å²) in [5.41, 5.74) is 6.58. The molecule has 0 fully saturated rings. The molecular formula is C42H46N4O10. The summed E-state index contributed by atoms with van der Waals surface area (Å²) in [6.45, 7) is 6.23. The first kappa shape index (κ1) is 44.9. The third kappa shape index (κ3) is 16.2. The van der Waals surface area contributed by atoms with E-state index in [0.29, 0.717) is 12.3 Å². The van der Waals surface area contributed by atoms with Crippen LogP contribution in [0.1, 0.15) is 68.7 Å². The lowest BCUT2D eigenvalue weighted by molar-refractivity contribution is -0.137. The summed E-state index contributed by atoms with van der Waals surface area (Å²) in [4.78, 5) is 51.6. The highest BCUT2D eigenvalue weighted by Crippen LogP contribution is 2.28. The van der Waals surface area contributed by atoms with E-state index in [4.69, 9.17) is 30.6 Å². The third-order valence-electron chi connectivity index (χ3n) is 7.80. The maximum absolute atomic E-state index is 10.7. The van der Waals surface area contributed by atoms with Crippen molar-refractivity contribution in [2.24, 2.45) is 4.99 Å². The quantitative estimate of drug-likeness (QED) is 0.0432. The number of aromatic carboxylic acids is 2. The van der Waals surface area contributed by atoms with Crippen LogP contribution in [-0.2, 0) is 9.59 Å². The van der Waals surface area contributed by atoms with Gasteiger partial charge in [0, 0.05) is 57.1 Å². The van der Waals surface area contributed by atoms with Gasteiger partial charge >= 0.3 is 23.9 Å². The maximum atomic E-state index is 10.7. The van der Waals surface area contributed by atoms with Crippen LogP contribution in [0, 0.1) is 13.8 Å². The van der Waals surface area contributed by atoms with E-state index in [2.05, 4.69) is 48.9 Å². The number of para-hydroxylation sites is 1. The van der Waals surface area contributed by atoms with Crippen molar-refractivity contribution in [3.63, 3.8) is 0 Å². The molecule has 14 heteroatoms. The fourth-order valence-electron chi connectivity index (χ4n) is 4.70. The Kier molecular flexibility index (Phi) is 18.3. The van der Waals surface area contributed by atoms with E-state index in [1.54, 1.807) is 47.4 Å². The number of carboxylic acids is 4. The Morgan fingerprint density at radius 2 is 1.52 bits per heavy atom. The number of aliphatic carboxylic acids is 2. The molecule has 6 N–H and O–H groups in total. The summed E-state index contributed by atoms with van der Waals surface area (Å²) >= 11 is 0. The number of rotatable bonds is 11. The summed E-state index contributed by atoms with van der Waals surface area (Å²) in [7, 11) is 3.99. The number of benzene rings is 4. The highest BCUT2D eigenvalue weighted by molar-refractivity contribution is 5.91. The molecule has 0 aliphatic carbocycles. The number of carbonyl (C=O) groups is 4. The molecule has 0 aliphatic rings. The maximum Gasteiger partial charge on any atom is 0.339 e. The number of phenols is 2. The number of hydrogen-bond donors (Lipinski definition) is 6. The Morgan fingerprint density at radius 3 is 2.04 bits per heavy atom. The zero-order valence-electron chi connectivity index (χ0n) is 31.6. The minimum Gasteiger partial charge on any atom is -0.504 e. The van der Waals surface area contributed by atoms with Crippen LogP contribution in [0.2, 0.25) is 0 Å². The van der Waals surface area contributed by atoms with Crippen molar-refractivity contribution >= 4 is 47.7 Å². The van der Waals surface area contributed by atoms with Gasteiger partial charge in [-0.25, -0.2) is 19.4 Å². The molecule has 0 spiro atoms.